The lowest BCUT2D eigenvalue weighted by Crippen LogP contribution is -2.30. The highest BCUT2D eigenvalue weighted by Gasteiger charge is 2.26. The second kappa shape index (κ2) is 10.9. The molecule has 0 aliphatic carbocycles. The maximum absolute atomic E-state index is 10.0. The number of hydrogen-bond acceptors (Lipinski definition) is 5. The van der Waals surface area contributed by atoms with E-state index in [0.717, 1.165) is 31.3 Å². The Morgan fingerprint density at radius 2 is 2.20 bits per heavy atom. The Morgan fingerprint density at radius 1 is 1.45 bits per heavy atom. The zero-order valence-electron chi connectivity index (χ0n) is 12.0. The second-order valence-electron chi connectivity index (χ2n) is 4.34. The lowest BCUT2D eigenvalue weighted by Gasteiger charge is -2.20. The first-order valence-corrected chi connectivity index (χ1v) is 7.77. The van der Waals surface area contributed by atoms with Crippen molar-refractivity contribution in [1.29, 1.82) is 0 Å². The van der Waals surface area contributed by atoms with Crippen LogP contribution < -0.4 is 0 Å². The van der Waals surface area contributed by atoms with Gasteiger partial charge in [-0.05, 0) is 24.9 Å². The third kappa shape index (κ3) is 6.52. The van der Waals surface area contributed by atoms with Crippen molar-refractivity contribution in [3.63, 3.8) is 0 Å². The van der Waals surface area contributed by atoms with E-state index in [1.165, 1.54) is 12.0 Å². The number of carbonyl (C=O) groups excluding carboxylic acids is 1. The van der Waals surface area contributed by atoms with Gasteiger partial charge in [0.25, 0.3) is 0 Å². The number of benzene rings is 1. The maximum atomic E-state index is 10.0. The van der Waals surface area contributed by atoms with Crippen molar-refractivity contribution in [1.82, 2.24) is 0 Å². The quantitative estimate of drug-likeness (QED) is 0.597. The summed E-state index contributed by atoms with van der Waals surface area (Å²) in [4.78, 5) is 10.0. The Morgan fingerprint density at radius 3 is 2.65 bits per heavy atom. The van der Waals surface area contributed by atoms with E-state index >= 15 is 0 Å². The number of hydrogen-bond donors (Lipinski definition) is 0. The summed E-state index contributed by atoms with van der Waals surface area (Å²) in [6, 6.07) is 9.10. The highest BCUT2D eigenvalue weighted by Crippen LogP contribution is 2.20. The van der Waals surface area contributed by atoms with Crippen LogP contribution >= 0.6 is 12.0 Å². The molecule has 0 aromatic heterocycles. The van der Waals surface area contributed by atoms with Gasteiger partial charge in [0.1, 0.15) is 12.4 Å². The molecule has 2 atom stereocenters. The first-order valence-electron chi connectivity index (χ1n) is 6.62. The summed E-state index contributed by atoms with van der Waals surface area (Å²) in [7, 11) is 1.69. The Labute approximate surface area is 125 Å². The summed E-state index contributed by atoms with van der Waals surface area (Å²) in [6.07, 6.45) is 5.30. The van der Waals surface area contributed by atoms with Crippen LogP contribution in [0.4, 0.5) is 0 Å². The van der Waals surface area contributed by atoms with Gasteiger partial charge in [-0.2, -0.15) is 0 Å². The minimum absolute atomic E-state index is 0.0903. The van der Waals surface area contributed by atoms with Gasteiger partial charge in [-0.3, -0.25) is 4.79 Å². The Balaban J connectivity index is 0.000000217. The highest BCUT2D eigenvalue weighted by molar-refractivity contribution is 7.93. The molecule has 1 aliphatic heterocycles. The van der Waals surface area contributed by atoms with E-state index in [0.29, 0.717) is 6.61 Å². The van der Waals surface area contributed by atoms with Gasteiger partial charge in [0.15, 0.2) is 0 Å². The van der Waals surface area contributed by atoms with Gasteiger partial charge < -0.3 is 13.7 Å². The van der Waals surface area contributed by atoms with Crippen LogP contribution in [0.15, 0.2) is 30.3 Å². The van der Waals surface area contributed by atoms with Crippen LogP contribution in [0.5, 0.6) is 0 Å². The average molecular weight is 298 g/mol. The molecule has 0 amide bonds. The minimum atomic E-state index is 0.0903. The molecule has 2 rings (SSSR count). The molecule has 0 bridgehead atoms. The number of aldehydes is 1. The minimum Gasteiger partial charge on any atom is -0.382 e. The van der Waals surface area contributed by atoms with Crippen LogP contribution in [0.3, 0.4) is 0 Å². The molecule has 0 radical (unpaired) electrons. The zero-order valence-corrected chi connectivity index (χ0v) is 12.8. The number of carbonyl (C=O) groups is 1. The fourth-order valence-corrected chi connectivity index (χ4v) is 2.34. The average Bonchev–Trinajstić information content (AvgIpc) is 3.03. The van der Waals surface area contributed by atoms with E-state index in [1.54, 1.807) is 19.2 Å². The van der Waals surface area contributed by atoms with E-state index in [-0.39, 0.29) is 12.2 Å². The molecule has 1 aromatic rings. The monoisotopic (exact) mass is 298 g/mol. The van der Waals surface area contributed by atoms with Gasteiger partial charge in [0, 0.05) is 25.5 Å². The van der Waals surface area contributed by atoms with Gasteiger partial charge >= 0.3 is 0 Å². The topological polar surface area (TPSA) is 44.8 Å². The molecule has 112 valence electrons. The molecule has 1 aromatic carbocycles. The van der Waals surface area contributed by atoms with Crippen LogP contribution in [-0.4, -0.2) is 45.1 Å². The van der Waals surface area contributed by atoms with Crippen LogP contribution in [-0.2, 0) is 13.7 Å². The molecular formula is C15H22O4S. The summed E-state index contributed by atoms with van der Waals surface area (Å²) in [5.41, 5.74) is 0.729. The molecule has 0 N–H and O–H groups in total. The maximum Gasteiger partial charge on any atom is 0.150 e. The van der Waals surface area contributed by atoms with Gasteiger partial charge in [-0.15, -0.1) is 0 Å². The third-order valence-corrected chi connectivity index (χ3v) is 3.31. The smallest absolute Gasteiger partial charge is 0.150 e. The Bertz CT molecular complexity index is 346. The molecule has 20 heavy (non-hydrogen) atoms. The number of rotatable bonds is 6. The molecule has 2 unspecified atom stereocenters. The normalized spacial score (nSPS) is 19.0. The summed E-state index contributed by atoms with van der Waals surface area (Å²) in [6.45, 7) is 1.48. The molecule has 1 fully saturated rings. The van der Waals surface area contributed by atoms with Crippen LogP contribution in [0.2, 0.25) is 0 Å². The second-order valence-corrected chi connectivity index (χ2v) is 4.86. The van der Waals surface area contributed by atoms with Crippen LogP contribution in [0.25, 0.3) is 0 Å². The van der Waals surface area contributed by atoms with E-state index in [2.05, 4.69) is 0 Å². The molecule has 4 nitrogen and oxygen atoms in total. The summed E-state index contributed by atoms with van der Waals surface area (Å²) < 4.78 is 16.0. The standard InChI is InChI=1S/C8H16O3S.C7H6O/c1-9-6-8(11-12-2)7-4-3-5-10-7;8-6-7-4-2-1-3-5-7/h7-8H,3-6H2,1-2H3;1-6H. The van der Waals surface area contributed by atoms with Crippen molar-refractivity contribution < 1.29 is 18.5 Å². The molecule has 1 aliphatic rings. The van der Waals surface area contributed by atoms with Gasteiger partial charge in [0.05, 0.1) is 12.7 Å². The molecule has 0 saturated carbocycles. The lowest BCUT2D eigenvalue weighted by atomic mass is 10.1. The van der Waals surface area contributed by atoms with E-state index in [1.807, 2.05) is 24.5 Å². The first-order chi connectivity index (χ1) is 9.81. The van der Waals surface area contributed by atoms with Gasteiger partial charge in [-0.1, -0.05) is 30.3 Å². The SMILES string of the molecule is COCC(OSC)C1CCCO1.O=Cc1ccccc1. The first kappa shape index (κ1) is 17.2. The molecule has 1 heterocycles. The molecule has 5 heteroatoms. The number of ether oxygens (including phenoxy) is 2. The van der Waals surface area contributed by atoms with Crippen LogP contribution in [0.1, 0.15) is 23.2 Å². The highest BCUT2D eigenvalue weighted by atomic mass is 32.2. The van der Waals surface area contributed by atoms with Crippen molar-refractivity contribution in [2.45, 2.75) is 25.0 Å². The van der Waals surface area contributed by atoms with Crippen molar-refractivity contribution in [3.8, 4) is 0 Å². The number of methoxy groups -OCH3 is 1. The van der Waals surface area contributed by atoms with E-state index < -0.39 is 0 Å². The molecule has 1 saturated heterocycles. The fraction of sp³-hybridized carbons (Fsp3) is 0.533. The van der Waals surface area contributed by atoms with Crippen molar-refractivity contribution in [3.05, 3.63) is 35.9 Å². The largest absolute Gasteiger partial charge is 0.382 e. The lowest BCUT2D eigenvalue weighted by molar-refractivity contribution is -0.0157. The molecule has 0 spiro atoms. The van der Waals surface area contributed by atoms with Gasteiger partial charge in [0.2, 0.25) is 0 Å². The van der Waals surface area contributed by atoms with Crippen molar-refractivity contribution in [2.75, 3.05) is 26.6 Å². The fourth-order valence-electron chi connectivity index (χ4n) is 1.91. The Kier molecular flexibility index (Phi) is 9.32. The van der Waals surface area contributed by atoms with Crippen LogP contribution in [0, 0.1) is 0 Å². The summed E-state index contributed by atoms with van der Waals surface area (Å²) in [5.74, 6) is 0. The molecular weight excluding hydrogens is 276 g/mol. The van der Waals surface area contributed by atoms with E-state index in [4.69, 9.17) is 13.7 Å². The third-order valence-electron chi connectivity index (χ3n) is 2.87. The van der Waals surface area contributed by atoms with Crippen molar-refractivity contribution in [2.24, 2.45) is 0 Å². The summed E-state index contributed by atoms with van der Waals surface area (Å²) in [5, 5.41) is 0. The summed E-state index contributed by atoms with van der Waals surface area (Å²) >= 11 is 1.38. The van der Waals surface area contributed by atoms with E-state index in [9.17, 15) is 4.79 Å². The van der Waals surface area contributed by atoms with Crippen molar-refractivity contribution >= 4 is 18.3 Å². The zero-order chi connectivity index (χ0) is 14.6. The predicted molar refractivity (Wildman–Crippen MR) is 81.1 cm³/mol. The Hall–Kier alpha value is -0.880. The van der Waals surface area contributed by atoms with Gasteiger partial charge in [-0.25, -0.2) is 0 Å². The predicted octanol–water partition coefficient (Wildman–Crippen LogP) is 2.97.